The van der Waals surface area contributed by atoms with Crippen molar-refractivity contribution in [2.45, 2.75) is 51.1 Å². The van der Waals surface area contributed by atoms with E-state index < -0.39 is 0 Å². The van der Waals surface area contributed by atoms with E-state index in [9.17, 15) is 4.79 Å². The molecule has 0 aliphatic carbocycles. The molecule has 2 fully saturated rings. The van der Waals surface area contributed by atoms with E-state index in [1.165, 1.54) is 19.3 Å². The van der Waals surface area contributed by atoms with Gasteiger partial charge in [-0.3, -0.25) is 9.69 Å². The number of imidazole rings is 1. The fourth-order valence-electron chi connectivity index (χ4n) is 4.65. The maximum Gasteiger partial charge on any atom is 0.290 e. The van der Waals surface area contributed by atoms with Crippen molar-refractivity contribution in [3.05, 3.63) is 53.7 Å². The number of hydrogen-bond acceptors (Lipinski definition) is 4. The molecule has 0 saturated carbocycles. The molecule has 0 radical (unpaired) electrons. The number of H-pyrrole nitrogens is 1. The molecule has 1 aromatic carbocycles. The summed E-state index contributed by atoms with van der Waals surface area (Å²) >= 11 is 0. The van der Waals surface area contributed by atoms with Crippen LogP contribution in [0.25, 0.3) is 11.0 Å². The molecule has 5 rings (SSSR count). The summed E-state index contributed by atoms with van der Waals surface area (Å²) < 4.78 is 5.98. The summed E-state index contributed by atoms with van der Waals surface area (Å²) in [5, 5.41) is 0. The molecular weight excluding hydrogens is 364 g/mol. The summed E-state index contributed by atoms with van der Waals surface area (Å²) in [5.41, 5.74) is 1.96. The fraction of sp³-hybridized carbons (Fsp3) is 0.478. The molecule has 6 heteroatoms. The Kier molecular flexibility index (Phi) is 5.10. The van der Waals surface area contributed by atoms with Gasteiger partial charge in [0.25, 0.3) is 5.91 Å². The summed E-state index contributed by atoms with van der Waals surface area (Å²) in [6, 6.07) is 11.8. The number of benzene rings is 1. The maximum atomic E-state index is 13.3. The second-order valence-corrected chi connectivity index (χ2v) is 8.25. The number of aromatic amines is 1. The van der Waals surface area contributed by atoms with Crippen molar-refractivity contribution in [2.75, 3.05) is 19.6 Å². The number of likely N-dealkylation sites (tertiary alicyclic amines) is 2. The highest BCUT2D eigenvalue weighted by Gasteiger charge is 2.32. The highest BCUT2D eigenvalue weighted by Crippen LogP contribution is 2.32. The Labute approximate surface area is 170 Å². The van der Waals surface area contributed by atoms with Crippen molar-refractivity contribution in [3.63, 3.8) is 0 Å². The minimum Gasteiger partial charge on any atom is -0.455 e. The third kappa shape index (κ3) is 3.81. The molecule has 2 saturated heterocycles. The normalized spacial score (nSPS) is 21.0. The average molecular weight is 393 g/mol. The molecule has 29 heavy (non-hydrogen) atoms. The second-order valence-electron chi connectivity index (χ2n) is 8.25. The number of piperidine rings is 2. The number of aromatic nitrogens is 2. The second kappa shape index (κ2) is 8.03. The fourth-order valence-corrected chi connectivity index (χ4v) is 4.65. The van der Waals surface area contributed by atoms with Gasteiger partial charge in [-0.05, 0) is 69.5 Å². The molecule has 1 N–H and O–H groups in total. The Morgan fingerprint density at radius 3 is 2.72 bits per heavy atom. The Balaban J connectivity index is 1.34. The molecule has 1 amide bonds. The molecule has 152 valence electrons. The first-order chi connectivity index (χ1) is 14.3. The van der Waals surface area contributed by atoms with Crippen LogP contribution in [0.5, 0.6) is 0 Å². The van der Waals surface area contributed by atoms with Crippen LogP contribution in [-0.2, 0) is 6.54 Å². The van der Waals surface area contributed by atoms with Gasteiger partial charge < -0.3 is 14.3 Å². The molecule has 2 aliphatic rings. The Morgan fingerprint density at radius 1 is 1.03 bits per heavy atom. The van der Waals surface area contributed by atoms with Crippen molar-refractivity contribution in [1.82, 2.24) is 19.8 Å². The number of fused-ring (bicyclic) bond motifs is 1. The van der Waals surface area contributed by atoms with Gasteiger partial charge in [0.2, 0.25) is 0 Å². The number of hydrogen-bond donors (Lipinski definition) is 1. The lowest BCUT2D eigenvalue weighted by molar-refractivity contribution is 0.0565. The van der Waals surface area contributed by atoms with Gasteiger partial charge in [0.15, 0.2) is 5.76 Å². The SMILES string of the molecule is O=C(c1ccc(CN2CCCCC2)o1)N1CCCC[C@H]1c1nc2ccccc2[nH]1. The van der Waals surface area contributed by atoms with Crippen LogP contribution >= 0.6 is 0 Å². The van der Waals surface area contributed by atoms with E-state index in [1.807, 2.05) is 41.3 Å². The van der Waals surface area contributed by atoms with Gasteiger partial charge in [-0.15, -0.1) is 0 Å². The number of carbonyl (C=O) groups is 1. The van der Waals surface area contributed by atoms with E-state index in [2.05, 4.69) is 9.88 Å². The zero-order chi connectivity index (χ0) is 19.6. The van der Waals surface area contributed by atoms with Gasteiger partial charge in [0, 0.05) is 6.54 Å². The van der Waals surface area contributed by atoms with Crippen LogP contribution in [-0.4, -0.2) is 45.3 Å². The van der Waals surface area contributed by atoms with E-state index in [1.54, 1.807) is 0 Å². The highest BCUT2D eigenvalue weighted by molar-refractivity contribution is 5.92. The highest BCUT2D eigenvalue weighted by atomic mass is 16.4. The lowest BCUT2D eigenvalue weighted by Crippen LogP contribution is -2.38. The van der Waals surface area contributed by atoms with Gasteiger partial charge in [0.1, 0.15) is 11.6 Å². The first-order valence-electron chi connectivity index (χ1n) is 10.8. The van der Waals surface area contributed by atoms with E-state index in [0.717, 1.165) is 68.1 Å². The van der Waals surface area contributed by atoms with Crippen molar-refractivity contribution in [2.24, 2.45) is 0 Å². The molecule has 0 spiro atoms. The third-order valence-electron chi connectivity index (χ3n) is 6.19. The summed E-state index contributed by atoms with van der Waals surface area (Å²) in [6.45, 7) is 3.76. The standard InChI is InChI=1S/C23H28N4O2/c28-23(21-12-11-17(29-21)16-26-13-5-1-6-14-26)27-15-7-4-10-20(27)22-24-18-8-2-3-9-19(18)25-22/h2-3,8-9,11-12,20H,1,4-7,10,13-16H2,(H,24,25)/t20-/m0/s1. The molecule has 1 atom stereocenters. The average Bonchev–Trinajstić information content (AvgIpc) is 3.41. The van der Waals surface area contributed by atoms with Crippen LogP contribution in [0.2, 0.25) is 0 Å². The van der Waals surface area contributed by atoms with Gasteiger partial charge in [-0.1, -0.05) is 18.6 Å². The van der Waals surface area contributed by atoms with E-state index in [4.69, 9.17) is 9.40 Å². The molecule has 3 aromatic rings. The zero-order valence-corrected chi connectivity index (χ0v) is 16.8. The van der Waals surface area contributed by atoms with Crippen LogP contribution in [0.1, 0.15) is 66.7 Å². The van der Waals surface area contributed by atoms with Crippen LogP contribution in [0, 0.1) is 0 Å². The minimum atomic E-state index is -0.0284. The van der Waals surface area contributed by atoms with Crippen molar-refractivity contribution >= 4 is 16.9 Å². The number of nitrogens with zero attached hydrogens (tertiary/aromatic N) is 3. The molecule has 0 bridgehead atoms. The summed E-state index contributed by atoms with van der Waals surface area (Å²) in [6.07, 6.45) is 6.86. The first kappa shape index (κ1) is 18.4. The Bertz CT molecular complexity index is 953. The smallest absolute Gasteiger partial charge is 0.290 e. The van der Waals surface area contributed by atoms with Crippen LogP contribution < -0.4 is 0 Å². The third-order valence-corrected chi connectivity index (χ3v) is 6.19. The Hall–Kier alpha value is -2.60. The van der Waals surface area contributed by atoms with Crippen molar-refractivity contribution in [3.8, 4) is 0 Å². The largest absolute Gasteiger partial charge is 0.455 e. The predicted octanol–water partition coefficient (Wildman–Crippen LogP) is 4.51. The number of rotatable bonds is 4. The predicted molar refractivity (Wildman–Crippen MR) is 112 cm³/mol. The zero-order valence-electron chi connectivity index (χ0n) is 16.8. The summed E-state index contributed by atoms with van der Waals surface area (Å²) in [5.74, 6) is 2.17. The van der Waals surface area contributed by atoms with Crippen LogP contribution in [0.4, 0.5) is 0 Å². The van der Waals surface area contributed by atoms with Crippen LogP contribution in [0.15, 0.2) is 40.8 Å². The van der Waals surface area contributed by atoms with Gasteiger partial charge in [0.05, 0.1) is 23.6 Å². The quantitative estimate of drug-likeness (QED) is 0.709. The monoisotopic (exact) mass is 392 g/mol. The molecule has 6 nitrogen and oxygen atoms in total. The molecular formula is C23H28N4O2. The Morgan fingerprint density at radius 2 is 1.86 bits per heavy atom. The van der Waals surface area contributed by atoms with Gasteiger partial charge in [-0.25, -0.2) is 4.98 Å². The minimum absolute atomic E-state index is 0.0277. The number of nitrogens with one attached hydrogen (secondary N) is 1. The number of para-hydroxylation sites is 2. The molecule has 0 unspecified atom stereocenters. The van der Waals surface area contributed by atoms with E-state index in [0.29, 0.717) is 5.76 Å². The number of carbonyl (C=O) groups excluding carboxylic acids is 1. The lowest BCUT2D eigenvalue weighted by Gasteiger charge is -2.34. The molecule has 2 aliphatic heterocycles. The topological polar surface area (TPSA) is 65.4 Å². The summed E-state index contributed by atoms with van der Waals surface area (Å²) in [4.78, 5) is 25.8. The van der Waals surface area contributed by atoms with Gasteiger partial charge in [-0.2, -0.15) is 0 Å². The molecule has 4 heterocycles. The van der Waals surface area contributed by atoms with E-state index >= 15 is 0 Å². The van der Waals surface area contributed by atoms with Crippen LogP contribution in [0.3, 0.4) is 0 Å². The summed E-state index contributed by atoms with van der Waals surface area (Å²) in [7, 11) is 0. The number of amides is 1. The number of furan rings is 1. The first-order valence-corrected chi connectivity index (χ1v) is 10.8. The van der Waals surface area contributed by atoms with E-state index in [-0.39, 0.29) is 11.9 Å². The maximum absolute atomic E-state index is 13.3. The van der Waals surface area contributed by atoms with Crippen molar-refractivity contribution in [1.29, 1.82) is 0 Å². The van der Waals surface area contributed by atoms with Crippen molar-refractivity contribution < 1.29 is 9.21 Å². The van der Waals surface area contributed by atoms with Gasteiger partial charge >= 0.3 is 0 Å². The lowest BCUT2D eigenvalue weighted by atomic mass is 10.0. The molecule has 2 aromatic heterocycles.